The first-order valence-corrected chi connectivity index (χ1v) is 10.4. The van der Waals surface area contributed by atoms with E-state index in [0.717, 1.165) is 6.54 Å². The smallest absolute Gasteiger partial charge is 0.254 e. The SMILES string of the molecule is COc1cc(C(=O)N(CC(C)C)CC2CN(CC(C)O)CCO2)cc(OC)c1OC. The van der Waals surface area contributed by atoms with Crippen LogP contribution in [-0.2, 0) is 4.74 Å². The Labute approximate surface area is 179 Å². The number of aliphatic hydroxyl groups is 1. The fourth-order valence-corrected chi connectivity index (χ4v) is 3.74. The molecule has 170 valence electrons. The summed E-state index contributed by atoms with van der Waals surface area (Å²) in [5.74, 6) is 1.53. The van der Waals surface area contributed by atoms with E-state index in [1.807, 2.05) is 4.90 Å². The van der Waals surface area contributed by atoms with E-state index in [2.05, 4.69) is 18.7 Å². The average molecular weight is 425 g/mol. The van der Waals surface area contributed by atoms with Gasteiger partial charge in [0.15, 0.2) is 11.5 Å². The summed E-state index contributed by atoms with van der Waals surface area (Å²) >= 11 is 0. The lowest BCUT2D eigenvalue weighted by Gasteiger charge is -2.36. The van der Waals surface area contributed by atoms with Gasteiger partial charge in [0.2, 0.25) is 5.75 Å². The molecule has 1 aromatic rings. The molecule has 1 aliphatic heterocycles. The number of carbonyl (C=O) groups excluding carboxylic acids is 1. The highest BCUT2D eigenvalue weighted by atomic mass is 16.5. The van der Waals surface area contributed by atoms with Crippen LogP contribution in [0.5, 0.6) is 17.2 Å². The van der Waals surface area contributed by atoms with Gasteiger partial charge in [-0.2, -0.15) is 0 Å². The Morgan fingerprint density at radius 3 is 2.33 bits per heavy atom. The van der Waals surface area contributed by atoms with Crippen molar-refractivity contribution < 1.29 is 28.8 Å². The van der Waals surface area contributed by atoms with Crippen molar-refractivity contribution in [3.8, 4) is 17.2 Å². The van der Waals surface area contributed by atoms with Crippen LogP contribution in [0.1, 0.15) is 31.1 Å². The van der Waals surface area contributed by atoms with Crippen molar-refractivity contribution in [1.82, 2.24) is 9.80 Å². The zero-order valence-electron chi connectivity index (χ0n) is 19.0. The lowest BCUT2D eigenvalue weighted by atomic mass is 10.1. The van der Waals surface area contributed by atoms with Gasteiger partial charge in [0.05, 0.1) is 40.1 Å². The molecule has 0 saturated carbocycles. The number of hydrogen-bond donors (Lipinski definition) is 1. The minimum absolute atomic E-state index is 0.109. The van der Waals surface area contributed by atoms with Crippen molar-refractivity contribution >= 4 is 5.91 Å². The summed E-state index contributed by atoms with van der Waals surface area (Å²) in [7, 11) is 4.60. The molecule has 0 spiro atoms. The molecule has 2 rings (SSSR count). The predicted molar refractivity (Wildman–Crippen MR) is 115 cm³/mol. The van der Waals surface area contributed by atoms with E-state index in [1.54, 1.807) is 19.1 Å². The zero-order valence-corrected chi connectivity index (χ0v) is 19.0. The molecule has 8 heteroatoms. The van der Waals surface area contributed by atoms with Gasteiger partial charge in [-0.05, 0) is 25.0 Å². The van der Waals surface area contributed by atoms with Gasteiger partial charge in [0.1, 0.15) is 0 Å². The average Bonchev–Trinajstić information content (AvgIpc) is 2.71. The summed E-state index contributed by atoms with van der Waals surface area (Å²) in [6, 6.07) is 3.36. The number of β-amino-alcohol motifs (C(OH)–C–C–N with tert-alkyl or cyclic N) is 1. The molecule has 0 aromatic heterocycles. The third-order valence-electron chi connectivity index (χ3n) is 4.95. The number of hydrogen-bond acceptors (Lipinski definition) is 7. The van der Waals surface area contributed by atoms with Crippen molar-refractivity contribution in [3.63, 3.8) is 0 Å². The first kappa shape index (κ1) is 24.2. The van der Waals surface area contributed by atoms with Crippen LogP contribution >= 0.6 is 0 Å². The van der Waals surface area contributed by atoms with Crippen LogP contribution in [0.3, 0.4) is 0 Å². The fourth-order valence-electron chi connectivity index (χ4n) is 3.74. The summed E-state index contributed by atoms with van der Waals surface area (Å²) in [5, 5.41) is 9.69. The maximum Gasteiger partial charge on any atom is 0.254 e. The summed E-state index contributed by atoms with van der Waals surface area (Å²) in [4.78, 5) is 17.4. The summed E-state index contributed by atoms with van der Waals surface area (Å²) < 4.78 is 22.1. The Morgan fingerprint density at radius 1 is 1.20 bits per heavy atom. The molecule has 1 heterocycles. The van der Waals surface area contributed by atoms with E-state index in [-0.39, 0.29) is 12.0 Å². The Morgan fingerprint density at radius 2 is 1.83 bits per heavy atom. The van der Waals surface area contributed by atoms with Gasteiger partial charge in [-0.1, -0.05) is 13.8 Å². The number of aliphatic hydroxyl groups excluding tert-OH is 1. The number of nitrogens with zero attached hydrogens (tertiary/aromatic N) is 2. The van der Waals surface area contributed by atoms with Gasteiger partial charge in [-0.3, -0.25) is 9.69 Å². The number of amides is 1. The van der Waals surface area contributed by atoms with Gasteiger partial charge in [-0.15, -0.1) is 0 Å². The number of ether oxygens (including phenoxy) is 4. The van der Waals surface area contributed by atoms with Crippen LogP contribution in [0.15, 0.2) is 12.1 Å². The molecule has 1 N–H and O–H groups in total. The van der Waals surface area contributed by atoms with Gasteiger partial charge < -0.3 is 29.0 Å². The molecule has 1 aliphatic rings. The number of methoxy groups -OCH3 is 3. The van der Waals surface area contributed by atoms with Crippen molar-refractivity contribution in [2.24, 2.45) is 5.92 Å². The maximum atomic E-state index is 13.4. The molecule has 1 aromatic carbocycles. The van der Waals surface area contributed by atoms with Gasteiger partial charge in [0.25, 0.3) is 5.91 Å². The molecule has 30 heavy (non-hydrogen) atoms. The molecular formula is C22H36N2O6. The summed E-state index contributed by atoms with van der Waals surface area (Å²) in [6.07, 6.45) is -0.501. The molecule has 2 unspecified atom stereocenters. The molecule has 2 atom stereocenters. The molecule has 0 radical (unpaired) electrons. The minimum atomic E-state index is -0.392. The van der Waals surface area contributed by atoms with E-state index in [4.69, 9.17) is 18.9 Å². The van der Waals surface area contributed by atoms with Crippen LogP contribution in [-0.4, -0.2) is 93.7 Å². The van der Waals surface area contributed by atoms with Crippen LogP contribution in [0.2, 0.25) is 0 Å². The van der Waals surface area contributed by atoms with Crippen molar-refractivity contribution in [2.45, 2.75) is 33.0 Å². The van der Waals surface area contributed by atoms with Gasteiger partial charge in [-0.25, -0.2) is 0 Å². The third kappa shape index (κ3) is 6.48. The Kier molecular flexibility index (Phi) is 9.20. The second-order valence-corrected chi connectivity index (χ2v) is 8.12. The van der Waals surface area contributed by atoms with E-state index < -0.39 is 6.10 Å². The van der Waals surface area contributed by atoms with Crippen molar-refractivity contribution in [3.05, 3.63) is 17.7 Å². The molecule has 1 amide bonds. The molecule has 1 fully saturated rings. The predicted octanol–water partition coefficient (Wildman–Crippen LogP) is 1.89. The lowest BCUT2D eigenvalue weighted by Crippen LogP contribution is -2.50. The quantitative estimate of drug-likeness (QED) is 0.614. The molecule has 8 nitrogen and oxygen atoms in total. The molecule has 0 aliphatic carbocycles. The Hall–Kier alpha value is -2.03. The zero-order chi connectivity index (χ0) is 22.3. The Balaban J connectivity index is 2.23. The highest BCUT2D eigenvalue weighted by molar-refractivity contribution is 5.95. The number of rotatable bonds is 10. The fraction of sp³-hybridized carbons (Fsp3) is 0.682. The normalized spacial score (nSPS) is 18.2. The number of morpholine rings is 1. The topological polar surface area (TPSA) is 80.7 Å². The summed E-state index contributed by atoms with van der Waals surface area (Å²) in [6.45, 7) is 9.68. The third-order valence-corrected chi connectivity index (χ3v) is 4.95. The monoisotopic (exact) mass is 424 g/mol. The van der Waals surface area contributed by atoms with Gasteiger partial charge >= 0.3 is 0 Å². The first-order valence-electron chi connectivity index (χ1n) is 10.4. The second kappa shape index (κ2) is 11.4. The highest BCUT2D eigenvalue weighted by Gasteiger charge is 2.28. The number of benzene rings is 1. The maximum absolute atomic E-state index is 13.4. The van der Waals surface area contributed by atoms with Crippen molar-refractivity contribution in [1.29, 1.82) is 0 Å². The minimum Gasteiger partial charge on any atom is -0.493 e. The standard InChI is InChI=1S/C22H36N2O6/c1-15(2)11-24(14-18-13-23(7-8-30-18)12-16(3)25)22(26)17-9-19(27-4)21(29-6)20(10-17)28-5/h9-10,15-16,18,25H,7-8,11-14H2,1-6H3. The first-order chi connectivity index (χ1) is 14.3. The van der Waals surface area contributed by atoms with Crippen LogP contribution in [0.4, 0.5) is 0 Å². The largest absolute Gasteiger partial charge is 0.493 e. The molecule has 1 saturated heterocycles. The number of carbonyl (C=O) groups is 1. The van der Waals surface area contributed by atoms with Crippen LogP contribution in [0.25, 0.3) is 0 Å². The van der Waals surface area contributed by atoms with Gasteiger partial charge in [0, 0.05) is 38.3 Å². The van der Waals surface area contributed by atoms with E-state index in [0.29, 0.717) is 61.5 Å². The summed E-state index contributed by atoms with van der Waals surface area (Å²) in [5.41, 5.74) is 0.474. The Bertz CT molecular complexity index is 669. The van der Waals surface area contributed by atoms with E-state index in [9.17, 15) is 9.90 Å². The van der Waals surface area contributed by atoms with E-state index >= 15 is 0 Å². The molecule has 0 bridgehead atoms. The second-order valence-electron chi connectivity index (χ2n) is 8.12. The lowest BCUT2D eigenvalue weighted by molar-refractivity contribution is -0.0498. The van der Waals surface area contributed by atoms with Crippen LogP contribution < -0.4 is 14.2 Å². The van der Waals surface area contributed by atoms with E-state index in [1.165, 1.54) is 21.3 Å². The molecular weight excluding hydrogens is 388 g/mol. The highest BCUT2D eigenvalue weighted by Crippen LogP contribution is 2.38. The van der Waals surface area contributed by atoms with Crippen molar-refractivity contribution in [2.75, 3.05) is 60.7 Å². The van der Waals surface area contributed by atoms with Crippen LogP contribution in [0, 0.1) is 5.92 Å².